The number of aliphatic hydroxyl groups excluding tert-OH is 1. The van der Waals surface area contributed by atoms with E-state index in [1.165, 1.54) is 4.57 Å². The van der Waals surface area contributed by atoms with Crippen LogP contribution in [0.2, 0.25) is 0 Å². The van der Waals surface area contributed by atoms with Gasteiger partial charge in [0.1, 0.15) is 11.5 Å². The summed E-state index contributed by atoms with van der Waals surface area (Å²) >= 11 is 0. The Labute approximate surface area is 117 Å². The second kappa shape index (κ2) is 7.14. The Morgan fingerprint density at radius 1 is 1.40 bits per heavy atom. The SMILES string of the molecule is CCCC(O)CNc1c(N)n(CC(C)C)c(=O)[nH]c1=O. The van der Waals surface area contributed by atoms with Crippen LogP contribution in [0.25, 0.3) is 0 Å². The lowest BCUT2D eigenvalue weighted by Gasteiger charge is -2.16. The van der Waals surface area contributed by atoms with Crippen LogP contribution >= 0.6 is 0 Å². The van der Waals surface area contributed by atoms with Crippen molar-refractivity contribution in [1.82, 2.24) is 9.55 Å². The van der Waals surface area contributed by atoms with Crippen molar-refractivity contribution in [3.05, 3.63) is 20.8 Å². The monoisotopic (exact) mass is 284 g/mol. The van der Waals surface area contributed by atoms with Crippen molar-refractivity contribution in [1.29, 1.82) is 0 Å². The molecule has 1 heterocycles. The summed E-state index contributed by atoms with van der Waals surface area (Å²) in [5.41, 5.74) is 4.96. The first-order valence-electron chi connectivity index (χ1n) is 6.91. The highest BCUT2D eigenvalue weighted by molar-refractivity contribution is 5.60. The van der Waals surface area contributed by atoms with E-state index in [4.69, 9.17) is 5.73 Å². The number of H-pyrrole nitrogens is 1. The fourth-order valence-electron chi connectivity index (χ4n) is 1.96. The second-order valence-corrected chi connectivity index (χ2v) is 5.35. The van der Waals surface area contributed by atoms with Crippen molar-refractivity contribution >= 4 is 11.5 Å². The Balaban J connectivity index is 3.01. The minimum atomic E-state index is -0.559. The molecule has 0 aromatic carbocycles. The second-order valence-electron chi connectivity index (χ2n) is 5.35. The maximum absolute atomic E-state index is 11.8. The number of hydrogen-bond donors (Lipinski definition) is 4. The van der Waals surface area contributed by atoms with E-state index in [0.29, 0.717) is 13.0 Å². The minimum Gasteiger partial charge on any atom is -0.391 e. The largest absolute Gasteiger partial charge is 0.391 e. The van der Waals surface area contributed by atoms with Gasteiger partial charge in [-0.1, -0.05) is 27.2 Å². The number of nitrogens with zero attached hydrogens (tertiary/aromatic N) is 1. The molecule has 1 rings (SSSR count). The van der Waals surface area contributed by atoms with Crippen molar-refractivity contribution in [3.8, 4) is 0 Å². The quantitative estimate of drug-likeness (QED) is 0.577. The molecule has 0 aliphatic carbocycles. The van der Waals surface area contributed by atoms with E-state index in [1.807, 2.05) is 20.8 Å². The highest BCUT2D eigenvalue weighted by atomic mass is 16.3. The van der Waals surface area contributed by atoms with Gasteiger partial charge in [0.25, 0.3) is 5.56 Å². The number of aromatic nitrogens is 2. The normalized spacial score (nSPS) is 12.7. The minimum absolute atomic E-state index is 0.108. The molecule has 1 aromatic heterocycles. The molecule has 0 saturated carbocycles. The van der Waals surface area contributed by atoms with Crippen LogP contribution in [0.4, 0.5) is 11.5 Å². The molecule has 0 spiro atoms. The van der Waals surface area contributed by atoms with Crippen molar-refractivity contribution < 1.29 is 5.11 Å². The lowest BCUT2D eigenvalue weighted by molar-refractivity contribution is 0.176. The summed E-state index contributed by atoms with van der Waals surface area (Å²) in [7, 11) is 0. The third kappa shape index (κ3) is 4.12. The topological polar surface area (TPSA) is 113 Å². The molecule has 7 heteroatoms. The number of rotatable bonds is 7. The Hall–Kier alpha value is -1.76. The highest BCUT2D eigenvalue weighted by Crippen LogP contribution is 2.12. The zero-order chi connectivity index (χ0) is 15.3. The molecule has 0 amide bonds. The summed E-state index contributed by atoms with van der Waals surface area (Å²) in [6.45, 7) is 6.52. The van der Waals surface area contributed by atoms with Gasteiger partial charge < -0.3 is 16.2 Å². The lowest BCUT2D eigenvalue weighted by atomic mass is 10.2. The number of nitrogens with one attached hydrogen (secondary N) is 2. The van der Waals surface area contributed by atoms with E-state index in [9.17, 15) is 14.7 Å². The number of hydrogen-bond acceptors (Lipinski definition) is 5. The number of anilines is 2. The van der Waals surface area contributed by atoms with Gasteiger partial charge in [-0.2, -0.15) is 0 Å². The van der Waals surface area contributed by atoms with Gasteiger partial charge in [0.15, 0.2) is 0 Å². The maximum Gasteiger partial charge on any atom is 0.330 e. The smallest absolute Gasteiger partial charge is 0.330 e. The van der Waals surface area contributed by atoms with Gasteiger partial charge in [0.2, 0.25) is 0 Å². The predicted molar refractivity (Wildman–Crippen MR) is 80.0 cm³/mol. The molecule has 0 radical (unpaired) electrons. The first-order chi connectivity index (χ1) is 9.36. The molecule has 5 N–H and O–H groups in total. The molecule has 0 aliphatic rings. The van der Waals surface area contributed by atoms with Crippen LogP contribution in [0.5, 0.6) is 0 Å². The van der Waals surface area contributed by atoms with Crippen LogP contribution in [-0.2, 0) is 6.54 Å². The third-order valence-electron chi connectivity index (χ3n) is 2.92. The van der Waals surface area contributed by atoms with Gasteiger partial charge in [-0.3, -0.25) is 14.3 Å². The molecule has 1 aromatic rings. The fraction of sp³-hybridized carbons (Fsp3) is 0.692. The summed E-state index contributed by atoms with van der Waals surface area (Å²) < 4.78 is 1.33. The van der Waals surface area contributed by atoms with Crippen LogP contribution in [0.3, 0.4) is 0 Å². The first kappa shape index (κ1) is 16.3. The van der Waals surface area contributed by atoms with Gasteiger partial charge in [0.05, 0.1) is 6.10 Å². The molecule has 1 unspecified atom stereocenters. The average molecular weight is 284 g/mol. The Morgan fingerprint density at radius 3 is 2.60 bits per heavy atom. The van der Waals surface area contributed by atoms with Crippen molar-refractivity contribution in [2.45, 2.75) is 46.3 Å². The molecule has 20 heavy (non-hydrogen) atoms. The number of aliphatic hydroxyl groups is 1. The molecular weight excluding hydrogens is 260 g/mol. The van der Waals surface area contributed by atoms with Gasteiger partial charge in [-0.15, -0.1) is 0 Å². The summed E-state index contributed by atoms with van der Waals surface area (Å²) in [5.74, 6) is 0.329. The fourth-order valence-corrected chi connectivity index (χ4v) is 1.96. The van der Waals surface area contributed by atoms with Gasteiger partial charge in [-0.25, -0.2) is 4.79 Å². The average Bonchev–Trinajstić information content (AvgIpc) is 2.34. The summed E-state index contributed by atoms with van der Waals surface area (Å²) in [6.07, 6.45) is 0.933. The number of nitrogens with two attached hydrogens (primary N) is 1. The predicted octanol–water partition coefficient (Wildman–Crippen LogP) is 0.348. The van der Waals surface area contributed by atoms with E-state index in [0.717, 1.165) is 6.42 Å². The van der Waals surface area contributed by atoms with E-state index in [2.05, 4.69) is 10.3 Å². The van der Waals surface area contributed by atoms with Crippen LogP contribution in [-0.4, -0.2) is 27.3 Å². The summed E-state index contributed by atoms with van der Waals surface area (Å²) in [4.78, 5) is 25.8. The Kier molecular flexibility index (Phi) is 5.82. The van der Waals surface area contributed by atoms with Crippen molar-refractivity contribution in [3.63, 3.8) is 0 Å². The van der Waals surface area contributed by atoms with Crippen LogP contribution < -0.4 is 22.3 Å². The molecular formula is C13H24N4O3. The Bertz CT molecular complexity index is 548. The molecule has 0 saturated heterocycles. The molecule has 7 nitrogen and oxygen atoms in total. The Morgan fingerprint density at radius 2 is 2.05 bits per heavy atom. The number of aromatic amines is 1. The van der Waals surface area contributed by atoms with Gasteiger partial charge in [0, 0.05) is 13.1 Å². The standard InChI is InChI=1S/C13H24N4O3/c1-4-5-9(18)6-15-10-11(14)17(7-8(2)3)13(20)16-12(10)19/h8-9,15,18H,4-7,14H2,1-3H3,(H,16,19,20). The van der Waals surface area contributed by atoms with Gasteiger partial charge in [-0.05, 0) is 12.3 Å². The maximum atomic E-state index is 11.8. The first-order valence-corrected chi connectivity index (χ1v) is 6.91. The third-order valence-corrected chi connectivity index (χ3v) is 2.92. The van der Waals surface area contributed by atoms with E-state index in [1.54, 1.807) is 0 Å². The summed E-state index contributed by atoms with van der Waals surface area (Å²) in [6, 6.07) is 0. The van der Waals surface area contributed by atoms with Crippen LogP contribution in [0.15, 0.2) is 9.59 Å². The van der Waals surface area contributed by atoms with E-state index >= 15 is 0 Å². The molecule has 0 fully saturated rings. The van der Waals surface area contributed by atoms with Crippen molar-refractivity contribution in [2.75, 3.05) is 17.6 Å². The molecule has 0 aliphatic heterocycles. The van der Waals surface area contributed by atoms with Crippen LogP contribution in [0.1, 0.15) is 33.6 Å². The molecule has 114 valence electrons. The zero-order valence-electron chi connectivity index (χ0n) is 12.3. The highest BCUT2D eigenvalue weighted by Gasteiger charge is 2.14. The zero-order valence-corrected chi connectivity index (χ0v) is 12.3. The lowest BCUT2D eigenvalue weighted by Crippen LogP contribution is -2.36. The number of nitrogen functional groups attached to an aromatic ring is 1. The van der Waals surface area contributed by atoms with Gasteiger partial charge >= 0.3 is 5.69 Å². The van der Waals surface area contributed by atoms with Crippen LogP contribution in [0, 0.1) is 5.92 Å². The van der Waals surface area contributed by atoms with E-state index in [-0.39, 0.29) is 24.0 Å². The summed E-state index contributed by atoms with van der Waals surface area (Å²) in [5, 5.41) is 12.5. The van der Waals surface area contributed by atoms with Crippen molar-refractivity contribution in [2.24, 2.45) is 5.92 Å². The molecule has 1 atom stereocenters. The van der Waals surface area contributed by atoms with E-state index < -0.39 is 17.4 Å². The molecule has 0 bridgehead atoms.